The summed E-state index contributed by atoms with van der Waals surface area (Å²) in [5.74, 6) is 1.13. The first kappa shape index (κ1) is 15.3. The van der Waals surface area contributed by atoms with Crippen molar-refractivity contribution in [1.29, 1.82) is 0 Å². The van der Waals surface area contributed by atoms with Gasteiger partial charge in [-0.2, -0.15) is 0 Å². The topological polar surface area (TPSA) is 47.6 Å². The zero-order valence-electron chi connectivity index (χ0n) is 12.2. The number of benzene rings is 1. The Morgan fingerprint density at radius 3 is 2.26 bits per heavy atom. The van der Waals surface area contributed by atoms with Gasteiger partial charge in [-0.1, -0.05) is 19.1 Å². The molecular weight excluding hydrogens is 242 g/mol. The van der Waals surface area contributed by atoms with Gasteiger partial charge in [0.1, 0.15) is 0 Å². The summed E-state index contributed by atoms with van der Waals surface area (Å²) in [4.78, 5) is 11.7. The highest BCUT2D eigenvalue weighted by atomic mass is 16.5. The molecule has 0 bridgehead atoms. The average molecular weight is 265 g/mol. The molecule has 0 heterocycles. The van der Waals surface area contributed by atoms with E-state index in [-0.39, 0.29) is 18.1 Å². The molecule has 0 saturated carbocycles. The van der Waals surface area contributed by atoms with Crippen LogP contribution in [0.3, 0.4) is 0 Å². The highest BCUT2D eigenvalue weighted by molar-refractivity contribution is 5.78. The highest BCUT2D eigenvalue weighted by Gasteiger charge is 2.14. The second kappa shape index (κ2) is 7.02. The number of hydrogen-bond donors (Lipinski definition) is 1. The number of para-hydroxylation sites is 2. The fourth-order valence-corrected chi connectivity index (χ4v) is 1.50. The zero-order chi connectivity index (χ0) is 14.3. The molecule has 1 amide bonds. The van der Waals surface area contributed by atoms with E-state index in [0.717, 1.165) is 6.42 Å². The quantitative estimate of drug-likeness (QED) is 0.860. The third-order valence-electron chi connectivity index (χ3n) is 2.18. The Morgan fingerprint density at radius 1 is 1.16 bits per heavy atom. The van der Waals surface area contributed by atoms with Gasteiger partial charge >= 0.3 is 0 Å². The van der Waals surface area contributed by atoms with E-state index in [1.807, 2.05) is 45.9 Å². The van der Waals surface area contributed by atoms with Crippen molar-refractivity contribution in [2.45, 2.75) is 39.7 Å². The number of hydrogen-bond acceptors (Lipinski definition) is 3. The van der Waals surface area contributed by atoms with E-state index in [2.05, 4.69) is 5.32 Å². The van der Waals surface area contributed by atoms with Crippen LogP contribution in [0.1, 0.15) is 34.1 Å². The van der Waals surface area contributed by atoms with Crippen molar-refractivity contribution in [2.75, 3.05) is 13.2 Å². The number of carbonyl (C=O) groups is 1. The maximum absolute atomic E-state index is 11.7. The summed E-state index contributed by atoms with van der Waals surface area (Å²) in [6, 6.07) is 7.38. The molecule has 0 aliphatic heterocycles. The Hall–Kier alpha value is -1.71. The normalized spacial score (nSPS) is 10.9. The van der Waals surface area contributed by atoms with Crippen LogP contribution in [0.25, 0.3) is 0 Å². The Labute approximate surface area is 115 Å². The van der Waals surface area contributed by atoms with Gasteiger partial charge in [0.05, 0.1) is 6.61 Å². The lowest BCUT2D eigenvalue weighted by Crippen LogP contribution is -2.43. The Morgan fingerprint density at radius 2 is 1.74 bits per heavy atom. The fraction of sp³-hybridized carbons (Fsp3) is 0.533. The summed E-state index contributed by atoms with van der Waals surface area (Å²) in [6.07, 6.45) is 0.929. The third-order valence-corrected chi connectivity index (χ3v) is 2.18. The number of ether oxygens (including phenoxy) is 2. The van der Waals surface area contributed by atoms with Crippen LogP contribution in [0.5, 0.6) is 11.5 Å². The van der Waals surface area contributed by atoms with Crippen LogP contribution in [-0.4, -0.2) is 24.7 Å². The molecule has 19 heavy (non-hydrogen) atoms. The second-order valence-electron chi connectivity index (χ2n) is 5.38. The second-order valence-corrected chi connectivity index (χ2v) is 5.38. The SMILES string of the molecule is CCCOc1ccccc1OCC(=O)NC(C)(C)C. The molecule has 0 radical (unpaired) electrons. The van der Waals surface area contributed by atoms with Crippen molar-refractivity contribution >= 4 is 5.91 Å². The molecule has 106 valence electrons. The summed E-state index contributed by atoms with van der Waals surface area (Å²) in [5.41, 5.74) is -0.251. The van der Waals surface area contributed by atoms with Crippen LogP contribution >= 0.6 is 0 Å². The van der Waals surface area contributed by atoms with Gasteiger partial charge < -0.3 is 14.8 Å². The molecule has 0 unspecified atom stereocenters. The number of rotatable bonds is 6. The predicted octanol–water partition coefficient (Wildman–Crippen LogP) is 2.77. The van der Waals surface area contributed by atoms with Crippen molar-refractivity contribution in [1.82, 2.24) is 5.32 Å². The maximum atomic E-state index is 11.7. The first-order chi connectivity index (χ1) is 8.92. The molecule has 1 aromatic rings. The molecule has 0 aliphatic rings. The molecule has 4 heteroatoms. The Balaban J connectivity index is 2.55. The number of carbonyl (C=O) groups excluding carboxylic acids is 1. The molecule has 1 N–H and O–H groups in total. The van der Waals surface area contributed by atoms with Gasteiger partial charge in [-0.25, -0.2) is 0 Å². The minimum absolute atomic E-state index is 0.0102. The van der Waals surface area contributed by atoms with E-state index in [4.69, 9.17) is 9.47 Å². The van der Waals surface area contributed by atoms with E-state index in [1.54, 1.807) is 6.07 Å². The first-order valence-electron chi connectivity index (χ1n) is 6.58. The van der Waals surface area contributed by atoms with Gasteiger partial charge in [0.25, 0.3) is 5.91 Å². The van der Waals surface area contributed by atoms with Crippen LogP contribution < -0.4 is 14.8 Å². The summed E-state index contributed by atoms with van der Waals surface area (Å²) < 4.78 is 11.1. The predicted molar refractivity (Wildman–Crippen MR) is 75.6 cm³/mol. The first-order valence-corrected chi connectivity index (χ1v) is 6.58. The molecule has 0 spiro atoms. The Kier molecular flexibility index (Phi) is 5.67. The highest BCUT2D eigenvalue weighted by Crippen LogP contribution is 2.26. The Bertz CT molecular complexity index is 410. The van der Waals surface area contributed by atoms with Crippen LogP contribution in [-0.2, 0) is 4.79 Å². The van der Waals surface area contributed by atoms with Crippen molar-refractivity contribution in [3.63, 3.8) is 0 Å². The smallest absolute Gasteiger partial charge is 0.258 e. The van der Waals surface area contributed by atoms with Crippen LogP contribution in [0.15, 0.2) is 24.3 Å². The minimum atomic E-state index is -0.251. The van der Waals surface area contributed by atoms with Crippen molar-refractivity contribution in [2.24, 2.45) is 0 Å². The molecule has 0 aromatic heterocycles. The largest absolute Gasteiger partial charge is 0.490 e. The van der Waals surface area contributed by atoms with Crippen molar-refractivity contribution in [3.05, 3.63) is 24.3 Å². The zero-order valence-corrected chi connectivity index (χ0v) is 12.2. The van der Waals surface area contributed by atoms with Gasteiger partial charge in [0.15, 0.2) is 18.1 Å². The molecule has 0 saturated heterocycles. The molecule has 0 atom stereocenters. The van der Waals surface area contributed by atoms with Gasteiger partial charge in [0.2, 0.25) is 0 Å². The average Bonchev–Trinajstić information content (AvgIpc) is 2.32. The van der Waals surface area contributed by atoms with E-state index < -0.39 is 0 Å². The fourth-order valence-electron chi connectivity index (χ4n) is 1.50. The lowest BCUT2D eigenvalue weighted by molar-refractivity contribution is -0.124. The summed E-state index contributed by atoms with van der Waals surface area (Å²) in [7, 11) is 0. The molecule has 0 fully saturated rings. The van der Waals surface area contributed by atoms with Gasteiger partial charge in [-0.3, -0.25) is 4.79 Å². The molecule has 1 aromatic carbocycles. The molecule has 1 rings (SSSR count). The summed E-state index contributed by atoms with van der Waals surface area (Å²) in [5, 5.41) is 2.85. The van der Waals surface area contributed by atoms with E-state index >= 15 is 0 Å². The standard InChI is InChI=1S/C15H23NO3/c1-5-10-18-12-8-6-7-9-13(12)19-11-14(17)16-15(2,3)4/h6-9H,5,10-11H2,1-4H3,(H,16,17). The number of nitrogens with one attached hydrogen (secondary N) is 1. The number of amides is 1. The lowest BCUT2D eigenvalue weighted by Gasteiger charge is -2.20. The molecule has 0 aliphatic carbocycles. The van der Waals surface area contributed by atoms with Crippen molar-refractivity contribution in [3.8, 4) is 11.5 Å². The van der Waals surface area contributed by atoms with E-state index in [9.17, 15) is 4.79 Å². The van der Waals surface area contributed by atoms with Gasteiger partial charge in [-0.05, 0) is 39.3 Å². The maximum Gasteiger partial charge on any atom is 0.258 e. The van der Waals surface area contributed by atoms with E-state index in [1.165, 1.54) is 0 Å². The third kappa shape index (κ3) is 6.13. The molecule has 4 nitrogen and oxygen atoms in total. The minimum Gasteiger partial charge on any atom is -0.490 e. The van der Waals surface area contributed by atoms with Crippen LogP contribution in [0.4, 0.5) is 0 Å². The van der Waals surface area contributed by atoms with E-state index in [0.29, 0.717) is 18.1 Å². The van der Waals surface area contributed by atoms with Crippen LogP contribution in [0, 0.1) is 0 Å². The molecular formula is C15H23NO3. The summed E-state index contributed by atoms with van der Waals surface area (Å²) in [6.45, 7) is 8.47. The monoisotopic (exact) mass is 265 g/mol. The lowest BCUT2D eigenvalue weighted by atomic mass is 10.1. The van der Waals surface area contributed by atoms with Gasteiger partial charge in [0, 0.05) is 5.54 Å². The van der Waals surface area contributed by atoms with Crippen LogP contribution in [0.2, 0.25) is 0 Å². The van der Waals surface area contributed by atoms with Gasteiger partial charge in [-0.15, -0.1) is 0 Å². The van der Waals surface area contributed by atoms with Crippen molar-refractivity contribution < 1.29 is 14.3 Å². The summed E-state index contributed by atoms with van der Waals surface area (Å²) >= 11 is 0.